The van der Waals surface area contributed by atoms with Gasteiger partial charge in [0.25, 0.3) is 0 Å². The SMILES string of the molecule is CNCC1CCCCC1(O)c1cccc(OCc2ccccc2)c1. The fourth-order valence-corrected chi connectivity index (χ4v) is 3.72. The van der Waals surface area contributed by atoms with Gasteiger partial charge in [0.1, 0.15) is 12.4 Å². The Morgan fingerprint density at radius 1 is 1.12 bits per heavy atom. The van der Waals surface area contributed by atoms with E-state index in [-0.39, 0.29) is 5.92 Å². The maximum Gasteiger partial charge on any atom is 0.120 e. The molecule has 2 atom stereocenters. The first-order valence-corrected chi connectivity index (χ1v) is 8.86. The van der Waals surface area contributed by atoms with Gasteiger partial charge in [0.15, 0.2) is 0 Å². The largest absolute Gasteiger partial charge is 0.489 e. The van der Waals surface area contributed by atoms with Crippen LogP contribution >= 0.6 is 0 Å². The predicted molar refractivity (Wildman–Crippen MR) is 97.0 cm³/mol. The van der Waals surface area contributed by atoms with Gasteiger partial charge < -0.3 is 15.2 Å². The van der Waals surface area contributed by atoms with Crippen molar-refractivity contribution in [1.29, 1.82) is 0 Å². The minimum atomic E-state index is -0.757. The van der Waals surface area contributed by atoms with Crippen molar-refractivity contribution in [1.82, 2.24) is 5.32 Å². The molecule has 3 rings (SSSR count). The molecule has 128 valence electrons. The molecule has 24 heavy (non-hydrogen) atoms. The molecule has 0 aliphatic heterocycles. The number of nitrogens with one attached hydrogen (secondary N) is 1. The molecule has 1 aliphatic carbocycles. The van der Waals surface area contributed by atoms with Crippen LogP contribution in [0, 0.1) is 5.92 Å². The van der Waals surface area contributed by atoms with E-state index in [1.807, 2.05) is 49.5 Å². The Bertz CT molecular complexity index is 641. The normalized spacial score (nSPS) is 23.8. The van der Waals surface area contributed by atoms with Gasteiger partial charge in [-0.05, 0) is 43.1 Å². The lowest BCUT2D eigenvalue weighted by Crippen LogP contribution is -2.42. The monoisotopic (exact) mass is 325 g/mol. The Morgan fingerprint density at radius 2 is 1.96 bits per heavy atom. The topological polar surface area (TPSA) is 41.5 Å². The van der Waals surface area contributed by atoms with Gasteiger partial charge in [0.2, 0.25) is 0 Å². The Hall–Kier alpha value is -1.84. The molecule has 2 aromatic rings. The summed E-state index contributed by atoms with van der Waals surface area (Å²) in [5.74, 6) is 1.07. The van der Waals surface area contributed by atoms with Crippen molar-refractivity contribution in [2.24, 2.45) is 5.92 Å². The zero-order valence-electron chi connectivity index (χ0n) is 14.4. The third-order valence-electron chi connectivity index (χ3n) is 5.07. The van der Waals surface area contributed by atoms with E-state index in [0.29, 0.717) is 6.61 Å². The van der Waals surface area contributed by atoms with Crippen LogP contribution in [0.3, 0.4) is 0 Å². The van der Waals surface area contributed by atoms with Crippen LogP contribution in [0.15, 0.2) is 54.6 Å². The van der Waals surface area contributed by atoms with Gasteiger partial charge in [-0.2, -0.15) is 0 Å². The van der Waals surface area contributed by atoms with Gasteiger partial charge in [0.05, 0.1) is 5.60 Å². The molecule has 0 radical (unpaired) electrons. The Morgan fingerprint density at radius 3 is 2.75 bits per heavy atom. The van der Waals surface area contributed by atoms with E-state index in [1.165, 1.54) is 6.42 Å². The van der Waals surface area contributed by atoms with Crippen molar-refractivity contribution >= 4 is 0 Å². The predicted octanol–water partition coefficient (Wildman–Crippen LogP) is 3.86. The molecule has 2 unspecified atom stereocenters. The fraction of sp³-hybridized carbons (Fsp3) is 0.429. The highest BCUT2D eigenvalue weighted by Gasteiger charge is 2.40. The van der Waals surface area contributed by atoms with Gasteiger partial charge in [-0.1, -0.05) is 55.3 Å². The standard InChI is InChI=1S/C21H27NO2/c1-22-15-19-10-5-6-13-21(19,23)18-11-7-12-20(14-18)24-16-17-8-3-2-4-9-17/h2-4,7-9,11-12,14,19,22-23H,5-6,10,13,15-16H2,1H3. The van der Waals surface area contributed by atoms with E-state index in [9.17, 15) is 5.11 Å². The number of rotatable bonds is 6. The molecule has 0 saturated heterocycles. The molecule has 3 nitrogen and oxygen atoms in total. The molecule has 1 fully saturated rings. The number of benzene rings is 2. The molecule has 2 aromatic carbocycles. The van der Waals surface area contributed by atoms with Gasteiger partial charge in [-0.3, -0.25) is 0 Å². The van der Waals surface area contributed by atoms with Crippen molar-refractivity contribution in [3.05, 3.63) is 65.7 Å². The second kappa shape index (κ2) is 7.82. The maximum absolute atomic E-state index is 11.3. The van der Waals surface area contributed by atoms with Gasteiger partial charge in [-0.25, -0.2) is 0 Å². The Balaban J connectivity index is 1.76. The van der Waals surface area contributed by atoms with Crippen LogP contribution in [-0.4, -0.2) is 18.7 Å². The molecular weight excluding hydrogens is 298 g/mol. The highest BCUT2D eigenvalue weighted by molar-refractivity contribution is 5.33. The summed E-state index contributed by atoms with van der Waals surface area (Å²) in [6, 6.07) is 18.1. The minimum Gasteiger partial charge on any atom is -0.489 e. The lowest BCUT2D eigenvalue weighted by molar-refractivity contribution is -0.0531. The summed E-state index contributed by atoms with van der Waals surface area (Å²) in [5, 5.41) is 14.6. The zero-order valence-corrected chi connectivity index (χ0v) is 14.4. The van der Waals surface area contributed by atoms with Crippen LogP contribution in [0.5, 0.6) is 5.75 Å². The summed E-state index contributed by atoms with van der Waals surface area (Å²) < 4.78 is 5.94. The molecular formula is C21H27NO2. The maximum atomic E-state index is 11.3. The molecule has 1 aliphatic rings. The summed E-state index contributed by atoms with van der Waals surface area (Å²) in [6.07, 6.45) is 4.15. The molecule has 0 spiro atoms. The van der Waals surface area contributed by atoms with Gasteiger partial charge in [-0.15, -0.1) is 0 Å². The van der Waals surface area contributed by atoms with Crippen LogP contribution in [0.25, 0.3) is 0 Å². The van der Waals surface area contributed by atoms with Crippen LogP contribution in [0.1, 0.15) is 36.8 Å². The lowest BCUT2D eigenvalue weighted by atomic mass is 9.71. The third kappa shape index (κ3) is 3.80. The molecule has 0 aromatic heterocycles. The fourth-order valence-electron chi connectivity index (χ4n) is 3.72. The number of aliphatic hydroxyl groups is 1. The second-order valence-electron chi connectivity index (χ2n) is 6.73. The van der Waals surface area contributed by atoms with E-state index in [2.05, 4.69) is 17.4 Å². The highest BCUT2D eigenvalue weighted by Crippen LogP contribution is 2.42. The summed E-state index contributed by atoms with van der Waals surface area (Å²) in [7, 11) is 1.95. The molecule has 1 saturated carbocycles. The van der Waals surface area contributed by atoms with Crippen molar-refractivity contribution in [2.75, 3.05) is 13.6 Å². The highest BCUT2D eigenvalue weighted by atomic mass is 16.5. The van der Waals surface area contributed by atoms with Crippen molar-refractivity contribution in [3.8, 4) is 5.75 Å². The van der Waals surface area contributed by atoms with E-state index in [4.69, 9.17) is 4.74 Å². The van der Waals surface area contributed by atoms with Crippen molar-refractivity contribution in [3.63, 3.8) is 0 Å². The van der Waals surface area contributed by atoms with E-state index in [1.54, 1.807) is 0 Å². The van der Waals surface area contributed by atoms with Gasteiger partial charge in [0, 0.05) is 12.5 Å². The second-order valence-corrected chi connectivity index (χ2v) is 6.73. The van der Waals surface area contributed by atoms with Crippen molar-refractivity contribution < 1.29 is 9.84 Å². The van der Waals surface area contributed by atoms with E-state index < -0.39 is 5.60 Å². The number of hydrogen-bond donors (Lipinski definition) is 2. The summed E-state index contributed by atoms with van der Waals surface area (Å²) in [4.78, 5) is 0. The van der Waals surface area contributed by atoms with Gasteiger partial charge >= 0.3 is 0 Å². The summed E-state index contributed by atoms with van der Waals surface area (Å²) in [5.41, 5.74) is 1.37. The quantitative estimate of drug-likeness (QED) is 0.847. The molecule has 3 heteroatoms. The first kappa shape index (κ1) is 17.0. The van der Waals surface area contributed by atoms with Crippen LogP contribution in [0.2, 0.25) is 0 Å². The third-order valence-corrected chi connectivity index (χ3v) is 5.07. The first-order chi connectivity index (χ1) is 11.7. The molecule has 0 bridgehead atoms. The van der Waals surface area contributed by atoms with Crippen molar-refractivity contribution in [2.45, 2.75) is 37.9 Å². The first-order valence-electron chi connectivity index (χ1n) is 8.86. The average Bonchev–Trinajstić information content (AvgIpc) is 2.63. The van der Waals surface area contributed by atoms with Crippen LogP contribution in [-0.2, 0) is 12.2 Å². The van der Waals surface area contributed by atoms with E-state index >= 15 is 0 Å². The lowest BCUT2D eigenvalue weighted by Gasteiger charge is -2.40. The van der Waals surface area contributed by atoms with E-state index in [0.717, 1.165) is 42.7 Å². The summed E-state index contributed by atoms with van der Waals surface area (Å²) in [6.45, 7) is 1.38. The van der Waals surface area contributed by atoms with Crippen LogP contribution < -0.4 is 10.1 Å². The number of hydrogen-bond acceptors (Lipinski definition) is 3. The molecule has 2 N–H and O–H groups in total. The zero-order chi connectivity index (χ0) is 16.8. The molecule has 0 heterocycles. The Labute approximate surface area is 144 Å². The van der Waals surface area contributed by atoms with Crippen LogP contribution in [0.4, 0.5) is 0 Å². The summed E-state index contributed by atoms with van der Waals surface area (Å²) >= 11 is 0. The Kier molecular flexibility index (Phi) is 5.54. The number of ether oxygens (including phenoxy) is 1. The molecule has 0 amide bonds. The average molecular weight is 325 g/mol. The minimum absolute atomic E-state index is 0.251. The smallest absolute Gasteiger partial charge is 0.120 e.